The number of aryl methyl sites for hydroxylation is 1. The number of aromatic nitrogens is 3. The summed E-state index contributed by atoms with van der Waals surface area (Å²) in [5.74, 6) is 0.414. The van der Waals surface area contributed by atoms with Crippen LogP contribution in [0.25, 0.3) is 11.1 Å². The lowest BCUT2D eigenvalue weighted by atomic mass is 10.0. The third-order valence-corrected chi connectivity index (χ3v) is 5.63. The van der Waals surface area contributed by atoms with Crippen LogP contribution in [0.1, 0.15) is 34.6 Å². The van der Waals surface area contributed by atoms with Crippen molar-refractivity contribution in [2.75, 3.05) is 17.6 Å². The zero-order valence-electron chi connectivity index (χ0n) is 16.5. The molecule has 0 radical (unpaired) electrons. The molecule has 3 N–H and O–H groups in total. The van der Waals surface area contributed by atoms with Gasteiger partial charge in [0.15, 0.2) is 11.5 Å². The van der Waals surface area contributed by atoms with Crippen LogP contribution in [-0.4, -0.2) is 26.9 Å². The average Bonchev–Trinajstić information content (AvgIpc) is 3.06. The van der Waals surface area contributed by atoms with Gasteiger partial charge >= 0.3 is 0 Å². The van der Waals surface area contributed by atoms with Crippen LogP contribution in [0.15, 0.2) is 30.5 Å². The Morgan fingerprint density at radius 1 is 1.30 bits per heavy atom. The third kappa shape index (κ3) is 4.40. The topological polar surface area (TPSA) is 110 Å². The minimum atomic E-state index is 0.0824. The number of carbonyl (C=O) groups is 1. The molecule has 0 saturated heterocycles. The summed E-state index contributed by atoms with van der Waals surface area (Å²) in [4.78, 5) is 20.8. The minimum absolute atomic E-state index is 0.0824. The number of nitrogens with zero attached hydrogens (tertiary/aromatic N) is 4. The van der Waals surface area contributed by atoms with E-state index in [9.17, 15) is 10.1 Å². The van der Waals surface area contributed by atoms with E-state index in [0.29, 0.717) is 35.5 Å². The molecule has 2 heterocycles. The first kappa shape index (κ1) is 21.6. The highest BCUT2D eigenvalue weighted by atomic mass is 35.5. The maximum absolute atomic E-state index is 12.3. The van der Waals surface area contributed by atoms with Gasteiger partial charge in [0.2, 0.25) is 5.95 Å². The Morgan fingerprint density at radius 3 is 2.73 bits per heavy atom. The van der Waals surface area contributed by atoms with Crippen molar-refractivity contribution in [3.05, 3.63) is 57.5 Å². The summed E-state index contributed by atoms with van der Waals surface area (Å²) in [6.45, 7) is 2.37. The van der Waals surface area contributed by atoms with E-state index in [0.717, 1.165) is 11.3 Å². The van der Waals surface area contributed by atoms with Gasteiger partial charge in [0.1, 0.15) is 11.9 Å². The average molecular weight is 443 g/mol. The molecule has 9 heteroatoms. The molecule has 30 heavy (non-hydrogen) atoms. The van der Waals surface area contributed by atoms with Gasteiger partial charge in [-0.05, 0) is 25.5 Å². The number of anilines is 2. The van der Waals surface area contributed by atoms with Crippen LogP contribution >= 0.6 is 23.2 Å². The van der Waals surface area contributed by atoms with Crippen LogP contribution in [0.2, 0.25) is 10.0 Å². The zero-order valence-corrected chi connectivity index (χ0v) is 18.1. The van der Waals surface area contributed by atoms with Gasteiger partial charge in [0, 0.05) is 43.0 Å². The second-order valence-electron chi connectivity index (χ2n) is 6.75. The smallest absolute Gasteiger partial charge is 0.225 e. The number of Topliss-reactive ketones (excluding diaryl/α,β-unsaturated/α-hetero) is 1. The molecule has 154 valence electrons. The molecule has 0 amide bonds. The number of halogens is 2. The summed E-state index contributed by atoms with van der Waals surface area (Å²) in [7, 11) is 1.91. The zero-order chi connectivity index (χ0) is 21.8. The summed E-state index contributed by atoms with van der Waals surface area (Å²) in [5.41, 5.74) is 8.69. The standard InChI is InChI=1S/C21H20Cl2N6O/c1-12-13(8-10-29(12)2)17(30)7-4-9-26-21-27-16(11-24)18(20(25)28-21)14-5-3-6-15(22)19(14)23/h3,5-6,8,10H,4,7,9H2,1-2H3,(H3,25,26,27,28). The molecule has 0 aliphatic carbocycles. The molecule has 0 aliphatic heterocycles. The largest absolute Gasteiger partial charge is 0.383 e. The lowest BCUT2D eigenvalue weighted by molar-refractivity contribution is 0.0980. The van der Waals surface area contributed by atoms with Gasteiger partial charge in [-0.2, -0.15) is 10.2 Å². The number of ketones is 1. The van der Waals surface area contributed by atoms with Crippen molar-refractivity contribution >= 4 is 40.8 Å². The van der Waals surface area contributed by atoms with E-state index in [1.165, 1.54) is 0 Å². The van der Waals surface area contributed by atoms with E-state index < -0.39 is 0 Å². The number of nitrogens with two attached hydrogens (primary N) is 1. The van der Waals surface area contributed by atoms with Crippen LogP contribution in [0.5, 0.6) is 0 Å². The van der Waals surface area contributed by atoms with Crippen molar-refractivity contribution in [2.24, 2.45) is 7.05 Å². The van der Waals surface area contributed by atoms with E-state index in [-0.39, 0.29) is 28.3 Å². The molecule has 7 nitrogen and oxygen atoms in total. The number of nitrogen functional groups attached to an aromatic ring is 1. The fraction of sp³-hybridized carbons (Fsp3) is 0.238. The summed E-state index contributed by atoms with van der Waals surface area (Å²) < 4.78 is 1.92. The number of rotatable bonds is 7. The van der Waals surface area contributed by atoms with Gasteiger partial charge in [-0.3, -0.25) is 4.79 Å². The molecule has 0 bridgehead atoms. The minimum Gasteiger partial charge on any atom is -0.383 e. The molecule has 0 saturated carbocycles. The van der Waals surface area contributed by atoms with Crippen molar-refractivity contribution in [2.45, 2.75) is 19.8 Å². The van der Waals surface area contributed by atoms with Crippen molar-refractivity contribution in [1.82, 2.24) is 14.5 Å². The van der Waals surface area contributed by atoms with Gasteiger partial charge < -0.3 is 15.6 Å². The summed E-state index contributed by atoms with van der Waals surface area (Å²) in [6.07, 6.45) is 2.84. The Labute approximate surface area is 184 Å². The lowest BCUT2D eigenvalue weighted by Gasteiger charge is -2.12. The number of hydrogen-bond donors (Lipinski definition) is 2. The molecule has 0 atom stereocenters. The Kier molecular flexibility index (Phi) is 6.60. The fourth-order valence-corrected chi connectivity index (χ4v) is 3.48. The second-order valence-corrected chi connectivity index (χ2v) is 7.53. The van der Waals surface area contributed by atoms with E-state index >= 15 is 0 Å². The highest BCUT2D eigenvalue weighted by molar-refractivity contribution is 6.43. The molecule has 0 fully saturated rings. The molecule has 3 rings (SSSR count). The van der Waals surface area contributed by atoms with Crippen LogP contribution in [0.4, 0.5) is 11.8 Å². The third-order valence-electron chi connectivity index (χ3n) is 4.81. The van der Waals surface area contributed by atoms with Crippen LogP contribution in [-0.2, 0) is 7.05 Å². The molecular formula is C21H20Cl2N6O. The second kappa shape index (κ2) is 9.16. The molecule has 3 aromatic rings. The lowest BCUT2D eigenvalue weighted by Crippen LogP contribution is -2.11. The molecule has 0 unspecified atom stereocenters. The van der Waals surface area contributed by atoms with Crippen LogP contribution < -0.4 is 11.1 Å². The highest BCUT2D eigenvalue weighted by Gasteiger charge is 2.18. The molecule has 1 aromatic carbocycles. The number of nitrogens with one attached hydrogen (secondary N) is 1. The van der Waals surface area contributed by atoms with E-state index in [4.69, 9.17) is 28.9 Å². The molecule has 2 aromatic heterocycles. The predicted octanol–water partition coefficient (Wildman–Crippen LogP) is 4.63. The Hall–Kier alpha value is -3.08. The number of benzene rings is 1. The fourth-order valence-electron chi connectivity index (χ4n) is 3.09. The van der Waals surface area contributed by atoms with E-state index in [1.807, 2.05) is 36.9 Å². The normalized spacial score (nSPS) is 10.6. The Balaban J connectivity index is 1.70. The first-order valence-electron chi connectivity index (χ1n) is 9.24. The van der Waals surface area contributed by atoms with E-state index in [1.54, 1.807) is 18.2 Å². The number of nitriles is 1. The summed E-state index contributed by atoms with van der Waals surface area (Å²) in [6, 6.07) is 8.91. The number of carbonyl (C=O) groups excluding carboxylic acids is 1. The van der Waals surface area contributed by atoms with Crippen molar-refractivity contribution in [3.8, 4) is 17.2 Å². The Morgan fingerprint density at radius 2 is 2.07 bits per heavy atom. The summed E-state index contributed by atoms with van der Waals surface area (Å²) in [5, 5.41) is 13.2. The maximum Gasteiger partial charge on any atom is 0.225 e. The molecular weight excluding hydrogens is 423 g/mol. The van der Waals surface area contributed by atoms with Gasteiger partial charge in [-0.1, -0.05) is 35.3 Å². The maximum atomic E-state index is 12.3. The Bertz CT molecular complexity index is 1150. The first-order chi connectivity index (χ1) is 14.3. The van der Waals surface area contributed by atoms with Crippen molar-refractivity contribution in [3.63, 3.8) is 0 Å². The van der Waals surface area contributed by atoms with Crippen molar-refractivity contribution < 1.29 is 4.79 Å². The predicted molar refractivity (Wildman–Crippen MR) is 119 cm³/mol. The van der Waals surface area contributed by atoms with Gasteiger partial charge in [0.05, 0.1) is 15.6 Å². The molecule has 0 spiro atoms. The van der Waals surface area contributed by atoms with E-state index in [2.05, 4.69) is 15.3 Å². The first-order valence-corrected chi connectivity index (χ1v) is 10.00. The summed E-state index contributed by atoms with van der Waals surface area (Å²) >= 11 is 12.3. The van der Waals surface area contributed by atoms with Gasteiger partial charge in [0.25, 0.3) is 0 Å². The van der Waals surface area contributed by atoms with Crippen LogP contribution in [0.3, 0.4) is 0 Å². The SMILES string of the molecule is Cc1c(C(=O)CCCNc2nc(N)c(-c3cccc(Cl)c3Cl)c(C#N)n2)ccn1C. The number of hydrogen-bond acceptors (Lipinski definition) is 6. The van der Waals surface area contributed by atoms with Crippen LogP contribution in [0, 0.1) is 18.3 Å². The molecule has 0 aliphatic rings. The van der Waals surface area contributed by atoms with Crippen molar-refractivity contribution in [1.29, 1.82) is 5.26 Å². The highest BCUT2D eigenvalue weighted by Crippen LogP contribution is 2.37. The van der Waals surface area contributed by atoms with Gasteiger partial charge in [-0.15, -0.1) is 0 Å². The quantitative estimate of drug-likeness (QED) is 0.407. The monoisotopic (exact) mass is 442 g/mol. The van der Waals surface area contributed by atoms with Gasteiger partial charge in [-0.25, -0.2) is 4.98 Å².